The second-order valence-corrected chi connectivity index (χ2v) is 5.49. The van der Waals surface area contributed by atoms with Gasteiger partial charge < -0.3 is 9.84 Å². The van der Waals surface area contributed by atoms with Crippen molar-refractivity contribution in [2.75, 3.05) is 19.8 Å². The van der Waals surface area contributed by atoms with Crippen LogP contribution in [0.4, 0.5) is 8.78 Å². The third-order valence-corrected chi connectivity index (χ3v) is 4.77. The number of hydrogen-bond acceptors (Lipinski definition) is 2. The maximum Gasteiger partial charge on any atom is 0.127 e. The quantitative estimate of drug-likeness (QED) is 0.897. The summed E-state index contributed by atoms with van der Waals surface area (Å²) < 4.78 is 32.7. The molecule has 0 unspecified atom stereocenters. The molecule has 1 heterocycles. The number of halogens is 2. The third-order valence-electron chi connectivity index (χ3n) is 4.77. The van der Waals surface area contributed by atoms with Gasteiger partial charge in [0.2, 0.25) is 0 Å². The van der Waals surface area contributed by atoms with Crippen molar-refractivity contribution in [3.63, 3.8) is 0 Å². The smallest absolute Gasteiger partial charge is 0.127 e. The highest BCUT2D eigenvalue weighted by molar-refractivity contribution is 5.35. The third kappa shape index (κ3) is 1.39. The van der Waals surface area contributed by atoms with Gasteiger partial charge in [0.1, 0.15) is 11.6 Å². The van der Waals surface area contributed by atoms with E-state index in [2.05, 4.69) is 0 Å². The zero-order chi connectivity index (χ0) is 12.8. The number of benzene rings is 1. The topological polar surface area (TPSA) is 29.5 Å². The molecule has 0 radical (unpaired) electrons. The highest BCUT2D eigenvalue weighted by Gasteiger charge is 2.60. The fourth-order valence-corrected chi connectivity index (χ4v) is 3.31. The Morgan fingerprint density at radius 1 is 1.22 bits per heavy atom. The van der Waals surface area contributed by atoms with Gasteiger partial charge in [-0.15, -0.1) is 0 Å². The molecule has 0 atom stereocenters. The van der Waals surface area contributed by atoms with E-state index in [0.717, 1.165) is 31.4 Å². The van der Waals surface area contributed by atoms with Crippen molar-refractivity contribution in [3.05, 3.63) is 35.4 Å². The first kappa shape index (κ1) is 12.1. The monoisotopic (exact) mass is 254 g/mol. The Balaban J connectivity index is 2.08. The number of rotatable bonds is 3. The molecule has 1 aliphatic carbocycles. The molecule has 1 aromatic carbocycles. The van der Waals surface area contributed by atoms with Crippen LogP contribution in [0.25, 0.3) is 0 Å². The average molecular weight is 254 g/mol. The zero-order valence-electron chi connectivity index (χ0n) is 10.1. The lowest BCUT2D eigenvalue weighted by molar-refractivity contribution is -0.174. The average Bonchev–Trinajstić information content (AvgIpc) is 2.25. The fourth-order valence-electron chi connectivity index (χ4n) is 3.31. The summed E-state index contributed by atoms with van der Waals surface area (Å²) in [6.45, 7) is 0.744. The molecule has 1 saturated heterocycles. The molecule has 0 bridgehead atoms. The van der Waals surface area contributed by atoms with Gasteiger partial charge in [0.05, 0.1) is 18.6 Å². The van der Waals surface area contributed by atoms with Crippen LogP contribution in [-0.4, -0.2) is 24.9 Å². The van der Waals surface area contributed by atoms with Crippen LogP contribution in [-0.2, 0) is 10.2 Å². The van der Waals surface area contributed by atoms with Gasteiger partial charge in [0.15, 0.2) is 0 Å². The number of hydrogen-bond donors (Lipinski definition) is 1. The van der Waals surface area contributed by atoms with Gasteiger partial charge in [-0.25, -0.2) is 8.78 Å². The van der Waals surface area contributed by atoms with Gasteiger partial charge in [-0.1, -0.05) is 6.42 Å². The Morgan fingerprint density at radius 3 is 2.39 bits per heavy atom. The first-order valence-corrected chi connectivity index (χ1v) is 6.28. The van der Waals surface area contributed by atoms with Crippen LogP contribution in [0.2, 0.25) is 0 Å². The molecule has 1 saturated carbocycles. The highest BCUT2D eigenvalue weighted by Crippen LogP contribution is 2.58. The van der Waals surface area contributed by atoms with E-state index in [1.807, 2.05) is 0 Å². The fraction of sp³-hybridized carbons (Fsp3) is 0.571. The van der Waals surface area contributed by atoms with Crippen molar-refractivity contribution in [1.29, 1.82) is 0 Å². The zero-order valence-corrected chi connectivity index (χ0v) is 10.1. The van der Waals surface area contributed by atoms with E-state index in [9.17, 15) is 13.9 Å². The molecule has 1 N–H and O–H groups in total. The molecule has 4 heteroatoms. The molecule has 98 valence electrons. The maximum absolute atomic E-state index is 14.0. The van der Waals surface area contributed by atoms with Crippen molar-refractivity contribution in [3.8, 4) is 0 Å². The largest absolute Gasteiger partial charge is 0.396 e. The molecule has 2 fully saturated rings. The van der Waals surface area contributed by atoms with E-state index >= 15 is 0 Å². The molecule has 0 aromatic heterocycles. The molecule has 2 nitrogen and oxygen atoms in total. The van der Waals surface area contributed by atoms with Crippen LogP contribution in [0, 0.1) is 17.0 Å². The van der Waals surface area contributed by atoms with E-state index in [1.165, 1.54) is 6.07 Å². The predicted octanol–water partition coefficient (Wildman–Crippen LogP) is 2.40. The van der Waals surface area contributed by atoms with Crippen LogP contribution in [0.3, 0.4) is 0 Å². The molecule has 3 rings (SSSR count). The van der Waals surface area contributed by atoms with Crippen LogP contribution in [0.15, 0.2) is 18.2 Å². The van der Waals surface area contributed by atoms with Gasteiger partial charge in [-0.2, -0.15) is 0 Å². The second-order valence-electron chi connectivity index (χ2n) is 5.49. The molecule has 1 aromatic rings. The lowest BCUT2D eigenvalue weighted by Gasteiger charge is -2.59. The predicted molar refractivity (Wildman–Crippen MR) is 62.2 cm³/mol. The summed E-state index contributed by atoms with van der Waals surface area (Å²) in [6.07, 6.45) is 2.73. The van der Waals surface area contributed by atoms with Gasteiger partial charge >= 0.3 is 0 Å². The van der Waals surface area contributed by atoms with Crippen molar-refractivity contribution < 1.29 is 18.6 Å². The minimum absolute atomic E-state index is 0.00626. The molecular weight excluding hydrogens is 238 g/mol. The van der Waals surface area contributed by atoms with Crippen molar-refractivity contribution >= 4 is 0 Å². The Bertz CT molecular complexity index is 459. The summed E-state index contributed by atoms with van der Waals surface area (Å²) in [5, 5.41) is 9.69. The van der Waals surface area contributed by atoms with Gasteiger partial charge in [0, 0.05) is 17.6 Å². The van der Waals surface area contributed by atoms with Crippen LogP contribution in [0.5, 0.6) is 0 Å². The number of aliphatic hydroxyl groups is 1. The summed E-state index contributed by atoms with van der Waals surface area (Å²) >= 11 is 0. The molecule has 0 spiro atoms. The number of ether oxygens (including phenoxy) is 1. The Labute approximate surface area is 105 Å². The minimum Gasteiger partial charge on any atom is -0.396 e. The normalized spacial score (nSPS) is 24.2. The Morgan fingerprint density at radius 2 is 1.94 bits per heavy atom. The van der Waals surface area contributed by atoms with Crippen LogP contribution >= 0.6 is 0 Å². The second kappa shape index (κ2) is 4.00. The summed E-state index contributed by atoms with van der Waals surface area (Å²) in [6, 6.07) is 3.54. The lowest BCUT2D eigenvalue weighted by Crippen LogP contribution is -2.63. The molecule has 18 heavy (non-hydrogen) atoms. The summed E-state index contributed by atoms with van der Waals surface area (Å²) in [5.74, 6) is -0.843. The molecule has 2 aliphatic rings. The number of aliphatic hydroxyl groups excluding tert-OH is 1. The highest BCUT2D eigenvalue weighted by atomic mass is 19.1. The molecular formula is C14H16F2O2. The first-order valence-electron chi connectivity index (χ1n) is 6.28. The van der Waals surface area contributed by atoms with E-state index < -0.39 is 17.0 Å². The van der Waals surface area contributed by atoms with E-state index in [-0.39, 0.29) is 12.0 Å². The maximum atomic E-state index is 14.0. The Kier molecular flexibility index (Phi) is 2.68. The SMILES string of the molecule is OCC1(C2(c3cc(F)ccc3F)COC2)CCC1. The van der Waals surface area contributed by atoms with E-state index in [4.69, 9.17) is 4.74 Å². The van der Waals surface area contributed by atoms with Crippen LogP contribution in [0.1, 0.15) is 24.8 Å². The lowest BCUT2D eigenvalue weighted by atomic mass is 9.50. The van der Waals surface area contributed by atoms with Crippen molar-refractivity contribution in [1.82, 2.24) is 0 Å². The summed E-state index contributed by atoms with van der Waals surface area (Å²) in [4.78, 5) is 0. The molecule has 0 amide bonds. The van der Waals surface area contributed by atoms with E-state index in [0.29, 0.717) is 18.8 Å². The molecule has 1 aliphatic heterocycles. The summed E-state index contributed by atoms with van der Waals surface area (Å²) in [5.41, 5.74) is -0.519. The van der Waals surface area contributed by atoms with E-state index in [1.54, 1.807) is 0 Å². The van der Waals surface area contributed by atoms with Gasteiger partial charge in [-0.05, 0) is 31.0 Å². The summed E-state index contributed by atoms with van der Waals surface area (Å²) in [7, 11) is 0. The van der Waals surface area contributed by atoms with Gasteiger partial charge in [-0.3, -0.25) is 0 Å². The van der Waals surface area contributed by atoms with Crippen LogP contribution < -0.4 is 0 Å². The standard InChI is InChI=1S/C14H16F2O2/c15-10-2-3-12(16)11(6-10)14(8-18-9-14)13(7-17)4-1-5-13/h2-3,6,17H,1,4-5,7-9H2. The Hall–Kier alpha value is -1.00. The van der Waals surface area contributed by atoms with Gasteiger partial charge in [0.25, 0.3) is 0 Å². The van der Waals surface area contributed by atoms with Crippen molar-refractivity contribution in [2.24, 2.45) is 5.41 Å². The van der Waals surface area contributed by atoms with Crippen molar-refractivity contribution in [2.45, 2.75) is 24.7 Å². The minimum atomic E-state index is -0.549. The first-order chi connectivity index (χ1) is 8.63.